The van der Waals surface area contributed by atoms with Crippen LogP contribution in [0.3, 0.4) is 0 Å². The first-order chi connectivity index (χ1) is 5.22. The van der Waals surface area contributed by atoms with E-state index in [1.807, 2.05) is 0 Å². The Kier molecular flexibility index (Phi) is 6.63. The van der Waals surface area contributed by atoms with Gasteiger partial charge in [0.2, 0.25) is 0 Å². The molecule has 1 nitrogen and oxygen atoms in total. The Morgan fingerprint density at radius 2 is 1.82 bits per heavy atom. The topological polar surface area (TPSA) is 12.0 Å². The van der Waals surface area contributed by atoms with Crippen LogP contribution in [-0.4, -0.2) is 13.1 Å². The molecule has 0 aromatic heterocycles. The second kappa shape index (κ2) is 6.66. The normalized spacial score (nSPS) is 13.9. The summed E-state index contributed by atoms with van der Waals surface area (Å²) in [5, 5.41) is 3.36. The quantitative estimate of drug-likeness (QED) is 0.585. The van der Waals surface area contributed by atoms with E-state index in [2.05, 4.69) is 33.1 Å². The van der Waals surface area contributed by atoms with Crippen LogP contribution in [0.15, 0.2) is 0 Å². The third-order valence-corrected chi connectivity index (χ3v) is 2.29. The molecule has 0 heterocycles. The van der Waals surface area contributed by atoms with Crippen molar-refractivity contribution in [2.45, 2.75) is 52.5 Å². The van der Waals surface area contributed by atoms with Crippen molar-refractivity contribution in [2.75, 3.05) is 7.05 Å². The van der Waals surface area contributed by atoms with Crippen LogP contribution in [0.25, 0.3) is 0 Å². The lowest BCUT2D eigenvalue weighted by atomic mass is 9.98. The summed E-state index contributed by atoms with van der Waals surface area (Å²) in [6.07, 6.45) is 5.42. The van der Waals surface area contributed by atoms with Crippen molar-refractivity contribution < 1.29 is 0 Å². The van der Waals surface area contributed by atoms with Gasteiger partial charge in [0, 0.05) is 6.04 Å². The first kappa shape index (κ1) is 11.0. The lowest BCUT2D eigenvalue weighted by Crippen LogP contribution is -2.30. The molecular formula is C10H23N. The molecule has 0 saturated heterocycles. The molecule has 0 aliphatic rings. The second-order valence-corrected chi connectivity index (χ2v) is 3.63. The highest BCUT2D eigenvalue weighted by molar-refractivity contribution is 4.67. The summed E-state index contributed by atoms with van der Waals surface area (Å²) < 4.78 is 0. The molecule has 1 N–H and O–H groups in total. The van der Waals surface area contributed by atoms with Gasteiger partial charge in [-0.05, 0) is 19.4 Å². The lowest BCUT2D eigenvalue weighted by molar-refractivity contribution is 0.389. The van der Waals surface area contributed by atoms with Crippen LogP contribution >= 0.6 is 0 Å². The van der Waals surface area contributed by atoms with Crippen LogP contribution in [0.2, 0.25) is 0 Å². The minimum Gasteiger partial charge on any atom is -0.317 e. The summed E-state index contributed by atoms with van der Waals surface area (Å²) in [5.74, 6) is 0.775. The van der Waals surface area contributed by atoms with Gasteiger partial charge >= 0.3 is 0 Å². The van der Waals surface area contributed by atoms with E-state index in [-0.39, 0.29) is 0 Å². The molecule has 11 heavy (non-hydrogen) atoms. The van der Waals surface area contributed by atoms with E-state index in [0.29, 0.717) is 0 Å². The highest BCUT2D eigenvalue weighted by atomic mass is 14.9. The van der Waals surface area contributed by atoms with Crippen LogP contribution < -0.4 is 5.32 Å². The predicted octanol–water partition coefficient (Wildman–Crippen LogP) is 2.81. The standard InChI is InChI=1S/C10H23N/c1-5-6-7-8-10(11-4)9(2)3/h9-11H,5-8H2,1-4H3. The van der Waals surface area contributed by atoms with E-state index < -0.39 is 0 Å². The van der Waals surface area contributed by atoms with Gasteiger partial charge in [0.05, 0.1) is 0 Å². The van der Waals surface area contributed by atoms with Crippen molar-refractivity contribution in [3.8, 4) is 0 Å². The van der Waals surface area contributed by atoms with Crippen molar-refractivity contribution >= 4 is 0 Å². The van der Waals surface area contributed by atoms with E-state index >= 15 is 0 Å². The van der Waals surface area contributed by atoms with Gasteiger partial charge in [0.25, 0.3) is 0 Å². The highest BCUT2D eigenvalue weighted by Gasteiger charge is 2.08. The largest absolute Gasteiger partial charge is 0.317 e. The molecule has 0 spiro atoms. The molecule has 1 atom stereocenters. The number of hydrogen-bond donors (Lipinski definition) is 1. The van der Waals surface area contributed by atoms with Crippen molar-refractivity contribution in [1.29, 1.82) is 0 Å². The number of nitrogens with one attached hydrogen (secondary N) is 1. The van der Waals surface area contributed by atoms with Gasteiger partial charge in [-0.2, -0.15) is 0 Å². The fourth-order valence-electron chi connectivity index (χ4n) is 1.43. The Balaban J connectivity index is 3.36. The molecule has 0 bridgehead atoms. The predicted molar refractivity (Wildman–Crippen MR) is 51.8 cm³/mol. The van der Waals surface area contributed by atoms with Gasteiger partial charge in [-0.15, -0.1) is 0 Å². The van der Waals surface area contributed by atoms with Gasteiger partial charge in [-0.1, -0.05) is 40.0 Å². The molecule has 0 rings (SSSR count). The third kappa shape index (κ3) is 5.25. The average Bonchev–Trinajstić information content (AvgIpc) is 1.97. The monoisotopic (exact) mass is 157 g/mol. The van der Waals surface area contributed by atoms with E-state index in [0.717, 1.165) is 12.0 Å². The fourth-order valence-corrected chi connectivity index (χ4v) is 1.43. The Morgan fingerprint density at radius 1 is 1.18 bits per heavy atom. The van der Waals surface area contributed by atoms with Crippen LogP contribution in [0.1, 0.15) is 46.5 Å². The SMILES string of the molecule is CCCCCC(NC)C(C)C. The Labute approximate surface area is 71.6 Å². The Morgan fingerprint density at radius 3 is 2.18 bits per heavy atom. The Hall–Kier alpha value is -0.0400. The maximum absolute atomic E-state index is 3.36. The first-order valence-corrected chi connectivity index (χ1v) is 4.89. The average molecular weight is 157 g/mol. The highest BCUT2D eigenvalue weighted by Crippen LogP contribution is 2.10. The van der Waals surface area contributed by atoms with Crippen molar-refractivity contribution in [1.82, 2.24) is 5.32 Å². The zero-order valence-electron chi connectivity index (χ0n) is 8.48. The molecule has 0 amide bonds. The Bertz CT molecular complexity index is 78.9. The third-order valence-electron chi connectivity index (χ3n) is 2.29. The van der Waals surface area contributed by atoms with E-state index in [1.165, 1.54) is 25.7 Å². The molecule has 1 unspecified atom stereocenters. The van der Waals surface area contributed by atoms with Crippen molar-refractivity contribution in [3.63, 3.8) is 0 Å². The summed E-state index contributed by atoms with van der Waals surface area (Å²) in [5.41, 5.74) is 0. The smallest absolute Gasteiger partial charge is 0.00870 e. The molecule has 0 saturated carbocycles. The number of rotatable bonds is 6. The molecular weight excluding hydrogens is 134 g/mol. The molecule has 0 aliphatic heterocycles. The molecule has 0 aliphatic carbocycles. The summed E-state index contributed by atoms with van der Waals surface area (Å²) in [7, 11) is 2.07. The van der Waals surface area contributed by atoms with Gasteiger partial charge in [0.15, 0.2) is 0 Å². The maximum Gasteiger partial charge on any atom is 0.00870 e. The van der Waals surface area contributed by atoms with Gasteiger partial charge in [0.1, 0.15) is 0 Å². The van der Waals surface area contributed by atoms with E-state index in [4.69, 9.17) is 0 Å². The zero-order chi connectivity index (χ0) is 8.69. The van der Waals surface area contributed by atoms with Crippen LogP contribution in [0, 0.1) is 5.92 Å². The molecule has 68 valence electrons. The summed E-state index contributed by atoms with van der Waals surface area (Å²) in [4.78, 5) is 0. The number of hydrogen-bond acceptors (Lipinski definition) is 1. The van der Waals surface area contributed by atoms with Crippen LogP contribution in [0.5, 0.6) is 0 Å². The first-order valence-electron chi connectivity index (χ1n) is 4.89. The molecule has 0 fully saturated rings. The van der Waals surface area contributed by atoms with Crippen LogP contribution in [-0.2, 0) is 0 Å². The van der Waals surface area contributed by atoms with Crippen molar-refractivity contribution in [2.24, 2.45) is 5.92 Å². The second-order valence-electron chi connectivity index (χ2n) is 3.63. The zero-order valence-corrected chi connectivity index (χ0v) is 8.48. The molecule has 0 radical (unpaired) electrons. The van der Waals surface area contributed by atoms with E-state index in [9.17, 15) is 0 Å². The lowest BCUT2D eigenvalue weighted by Gasteiger charge is -2.19. The van der Waals surface area contributed by atoms with Crippen LogP contribution in [0.4, 0.5) is 0 Å². The van der Waals surface area contributed by atoms with Gasteiger partial charge in [-0.3, -0.25) is 0 Å². The maximum atomic E-state index is 3.36. The minimum atomic E-state index is 0.724. The minimum absolute atomic E-state index is 0.724. The molecule has 1 heteroatoms. The van der Waals surface area contributed by atoms with Crippen molar-refractivity contribution in [3.05, 3.63) is 0 Å². The van der Waals surface area contributed by atoms with Gasteiger partial charge < -0.3 is 5.32 Å². The molecule has 0 aromatic carbocycles. The summed E-state index contributed by atoms with van der Waals surface area (Å²) >= 11 is 0. The summed E-state index contributed by atoms with van der Waals surface area (Å²) in [6.45, 7) is 6.82. The summed E-state index contributed by atoms with van der Waals surface area (Å²) in [6, 6.07) is 0.724. The van der Waals surface area contributed by atoms with E-state index in [1.54, 1.807) is 0 Å². The van der Waals surface area contributed by atoms with Gasteiger partial charge in [-0.25, -0.2) is 0 Å². The number of unbranched alkanes of at least 4 members (excludes halogenated alkanes) is 2. The fraction of sp³-hybridized carbons (Fsp3) is 1.00. The molecule has 0 aromatic rings.